The lowest BCUT2D eigenvalue weighted by atomic mass is 10.2. The first kappa shape index (κ1) is 18.7. The van der Waals surface area contributed by atoms with Gasteiger partial charge in [0, 0.05) is 5.56 Å². The van der Waals surface area contributed by atoms with Crippen molar-refractivity contribution in [2.75, 3.05) is 13.7 Å². The van der Waals surface area contributed by atoms with E-state index in [0.29, 0.717) is 24.0 Å². The molecular weight excluding hydrogens is 372 g/mol. The van der Waals surface area contributed by atoms with Crippen molar-refractivity contribution in [3.63, 3.8) is 0 Å². The second kappa shape index (κ2) is 8.55. The maximum atomic E-state index is 12.3. The standard InChI is InChI=1S/C19H17ClN2O5/c1-3-25-17-14(20)9-13(10-15(17)24-2)19(23)26-11-16-21-22-18(27-16)12-7-5-4-6-8-12/h4-10H,3,11H2,1-2H3. The molecule has 0 aliphatic carbocycles. The number of nitrogens with zero attached hydrogens (tertiary/aromatic N) is 2. The van der Waals surface area contributed by atoms with E-state index in [1.807, 2.05) is 37.3 Å². The monoisotopic (exact) mass is 388 g/mol. The van der Waals surface area contributed by atoms with E-state index >= 15 is 0 Å². The van der Waals surface area contributed by atoms with Gasteiger partial charge in [-0.1, -0.05) is 29.8 Å². The summed E-state index contributed by atoms with van der Waals surface area (Å²) in [4.78, 5) is 12.3. The van der Waals surface area contributed by atoms with E-state index in [2.05, 4.69) is 10.2 Å². The van der Waals surface area contributed by atoms with Crippen molar-refractivity contribution >= 4 is 17.6 Å². The topological polar surface area (TPSA) is 83.7 Å². The highest BCUT2D eigenvalue weighted by Gasteiger charge is 2.18. The van der Waals surface area contributed by atoms with Crippen molar-refractivity contribution in [1.82, 2.24) is 10.2 Å². The predicted octanol–water partition coefficient (Wildman–Crippen LogP) is 4.15. The molecule has 0 saturated carbocycles. The Morgan fingerprint density at radius 2 is 1.96 bits per heavy atom. The van der Waals surface area contributed by atoms with Crippen LogP contribution in [0.15, 0.2) is 46.9 Å². The van der Waals surface area contributed by atoms with E-state index in [-0.39, 0.29) is 23.1 Å². The Morgan fingerprint density at radius 1 is 1.19 bits per heavy atom. The SMILES string of the molecule is CCOc1c(Cl)cc(C(=O)OCc2nnc(-c3ccccc3)o2)cc1OC. The van der Waals surface area contributed by atoms with Crippen molar-refractivity contribution in [2.45, 2.75) is 13.5 Å². The van der Waals surface area contributed by atoms with Crippen LogP contribution < -0.4 is 9.47 Å². The van der Waals surface area contributed by atoms with Gasteiger partial charge in [0.15, 0.2) is 18.1 Å². The number of ether oxygens (including phenoxy) is 3. The van der Waals surface area contributed by atoms with Gasteiger partial charge in [0.05, 0.1) is 24.3 Å². The van der Waals surface area contributed by atoms with Crippen molar-refractivity contribution in [3.05, 3.63) is 58.9 Å². The molecular formula is C19H17ClN2O5. The van der Waals surface area contributed by atoms with Gasteiger partial charge in [-0.05, 0) is 31.2 Å². The van der Waals surface area contributed by atoms with Crippen molar-refractivity contribution < 1.29 is 23.4 Å². The molecule has 140 valence electrons. The average molecular weight is 389 g/mol. The second-order valence-electron chi connectivity index (χ2n) is 5.37. The summed E-state index contributed by atoms with van der Waals surface area (Å²) in [5.74, 6) is 0.666. The molecule has 1 aromatic heterocycles. The number of methoxy groups -OCH3 is 1. The zero-order valence-corrected chi connectivity index (χ0v) is 15.5. The van der Waals surface area contributed by atoms with Crippen LogP contribution in [0.2, 0.25) is 5.02 Å². The molecule has 7 nitrogen and oxygen atoms in total. The fourth-order valence-electron chi connectivity index (χ4n) is 2.34. The third kappa shape index (κ3) is 4.38. The van der Waals surface area contributed by atoms with Crippen LogP contribution in [0.1, 0.15) is 23.2 Å². The molecule has 0 aliphatic rings. The second-order valence-corrected chi connectivity index (χ2v) is 5.77. The number of rotatable bonds is 7. The Morgan fingerprint density at radius 3 is 2.67 bits per heavy atom. The van der Waals surface area contributed by atoms with E-state index in [0.717, 1.165) is 5.56 Å². The lowest BCUT2D eigenvalue weighted by Crippen LogP contribution is -2.07. The smallest absolute Gasteiger partial charge is 0.338 e. The van der Waals surface area contributed by atoms with Crippen molar-refractivity contribution in [3.8, 4) is 23.0 Å². The Hall–Kier alpha value is -3.06. The van der Waals surface area contributed by atoms with E-state index < -0.39 is 5.97 Å². The Labute approximate surface area is 160 Å². The summed E-state index contributed by atoms with van der Waals surface area (Å²) in [5, 5.41) is 8.09. The summed E-state index contributed by atoms with van der Waals surface area (Å²) in [7, 11) is 1.47. The zero-order valence-electron chi connectivity index (χ0n) is 14.8. The minimum atomic E-state index is -0.599. The molecule has 2 aromatic carbocycles. The molecule has 0 atom stereocenters. The third-order valence-electron chi connectivity index (χ3n) is 3.57. The molecule has 1 heterocycles. The van der Waals surface area contributed by atoms with Gasteiger partial charge in [-0.3, -0.25) is 0 Å². The van der Waals surface area contributed by atoms with Gasteiger partial charge in [0.1, 0.15) is 0 Å². The molecule has 0 bridgehead atoms. The minimum absolute atomic E-state index is 0.161. The van der Waals surface area contributed by atoms with Gasteiger partial charge >= 0.3 is 5.97 Å². The fourth-order valence-corrected chi connectivity index (χ4v) is 2.61. The van der Waals surface area contributed by atoms with E-state index in [9.17, 15) is 4.79 Å². The fraction of sp³-hybridized carbons (Fsp3) is 0.211. The number of carbonyl (C=O) groups excluding carboxylic acids is 1. The zero-order chi connectivity index (χ0) is 19.2. The molecule has 0 fully saturated rings. The lowest BCUT2D eigenvalue weighted by Gasteiger charge is -2.12. The highest BCUT2D eigenvalue weighted by atomic mass is 35.5. The number of halogens is 1. The molecule has 0 N–H and O–H groups in total. The maximum Gasteiger partial charge on any atom is 0.338 e. The average Bonchev–Trinajstić information content (AvgIpc) is 3.17. The van der Waals surface area contributed by atoms with Crippen LogP contribution in [0.5, 0.6) is 11.5 Å². The summed E-state index contributed by atoms with van der Waals surface area (Å²) in [6.07, 6.45) is 0. The largest absolute Gasteiger partial charge is 0.493 e. The molecule has 3 aromatic rings. The van der Waals surface area contributed by atoms with Crippen LogP contribution in [0.4, 0.5) is 0 Å². The maximum absolute atomic E-state index is 12.3. The molecule has 3 rings (SSSR count). The van der Waals surface area contributed by atoms with E-state index in [4.69, 9.17) is 30.2 Å². The molecule has 0 radical (unpaired) electrons. The van der Waals surface area contributed by atoms with E-state index in [1.165, 1.54) is 19.2 Å². The normalized spacial score (nSPS) is 10.5. The van der Waals surface area contributed by atoms with Crippen molar-refractivity contribution in [1.29, 1.82) is 0 Å². The van der Waals surface area contributed by atoms with Crippen LogP contribution in [0.3, 0.4) is 0 Å². The van der Waals surface area contributed by atoms with E-state index in [1.54, 1.807) is 0 Å². The van der Waals surface area contributed by atoms with Crippen LogP contribution in [0, 0.1) is 0 Å². The third-order valence-corrected chi connectivity index (χ3v) is 3.85. The first-order chi connectivity index (χ1) is 13.1. The first-order valence-corrected chi connectivity index (χ1v) is 8.55. The van der Waals surface area contributed by atoms with Gasteiger partial charge in [-0.2, -0.15) is 0 Å². The molecule has 0 amide bonds. The molecule has 0 unspecified atom stereocenters. The Balaban J connectivity index is 1.69. The molecule has 8 heteroatoms. The van der Waals surface area contributed by atoms with Crippen molar-refractivity contribution in [2.24, 2.45) is 0 Å². The van der Waals surface area contributed by atoms with Crippen LogP contribution in [0.25, 0.3) is 11.5 Å². The van der Waals surface area contributed by atoms with Crippen LogP contribution >= 0.6 is 11.6 Å². The molecule has 0 saturated heterocycles. The van der Waals surface area contributed by atoms with Gasteiger partial charge in [-0.25, -0.2) is 4.79 Å². The summed E-state index contributed by atoms with van der Waals surface area (Å²) < 4.78 is 21.4. The highest BCUT2D eigenvalue weighted by molar-refractivity contribution is 6.32. The summed E-state index contributed by atoms with van der Waals surface area (Å²) in [6, 6.07) is 12.3. The number of hydrogen-bond acceptors (Lipinski definition) is 7. The van der Waals surface area contributed by atoms with Gasteiger partial charge in [0.2, 0.25) is 5.89 Å². The molecule has 0 aliphatic heterocycles. The summed E-state index contributed by atoms with van der Waals surface area (Å²) in [6.45, 7) is 2.08. The molecule has 0 spiro atoms. The highest BCUT2D eigenvalue weighted by Crippen LogP contribution is 2.36. The summed E-state index contributed by atoms with van der Waals surface area (Å²) >= 11 is 6.17. The Bertz CT molecular complexity index is 927. The van der Waals surface area contributed by atoms with Gasteiger partial charge in [-0.15, -0.1) is 10.2 Å². The first-order valence-electron chi connectivity index (χ1n) is 8.17. The van der Waals surface area contributed by atoms with Crippen LogP contribution in [-0.2, 0) is 11.3 Å². The quantitative estimate of drug-likeness (QED) is 0.562. The summed E-state index contributed by atoms with van der Waals surface area (Å²) in [5.41, 5.74) is 1.01. The predicted molar refractivity (Wildman–Crippen MR) is 98.0 cm³/mol. The Kier molecular flexibility index (Phi) is 5.93. The number of benzene rings is 2. The number of esters is 1. The van der Waals surface area contributed by atoms with Gasteiger partial charge < -0.3 is 18.6 Å². The lowest BCUT2D eigenvalue weighted by molar-refractivity contribution is 0.0438. The number of hydrogen-bond donors (Lipinski definition) is 0. The minimum Gasteiger partial charge on any atom is -0.493 e. The van der Waals surface area contributed by atoms with Crippen LogP contribution in [-0.4, -0.2) is 29.9 Å². The van der Waals surface area contributed by atoms with Gasteiger partial charge in [0.25, 0.3) is 5.89 Å². The molecule has 27 heavy (non-hydrogen) atoms. The number of carbonyl (C=O) groups is 1. The number of aromatic nitrogens is 2.